The average molecular weight is 345 g/mol. The van der Waals surface area contributed by atoms with Gasteiger partial charge < -0.3 is 10.3 Å². The Morgan fingerprint density at radius 3 is 2.32 bits per heavy atom. The highest BCUT2D eigenvalue weighted by Gasteiger charge is 2.22. The Hall–Kier alpha value is -2.44. The third-order valence-corrected chi connectivity index (χ3v) is 4.29. The summed E-state index contributed by atoms with van der Waals surface area (Å²) in [5.41, 5.74) is 2.67. The van der Waals surface area contributed by atoms with Crippen LogP contribution in [-0.2, 0) is 18.5 Å². The molecule has 0 aliphatic heterocycles. The maximum absolute atomic E-state index is 12.5. The van der Waals surface area contributed by atoms with Gasteiger partial charge in [0.25, 0.3) is 11.5 Å². The minimum absolute atomic E-state index is 0.0613. The van der Waals surface area contributed by atoms with E-state index >= 15 is 0 Å². The lowest BCUT2D eigenvalue weighted by atomic mass is 9.95. The molecule has 0 unspecified atom stereocenters. The number of aryl methyl sites for hydroxylation is 3. The van der Waals surface area contributed by atoms with Crippen molar-refractivity contribution in [3.05, 3.63) is 44.4 Å². The van der Waals surface area contributed by atoms with E-state index < -0.39 is 11.5 Å². The van der Waals surface area contributed by atoms with E-state index in [-0.39, 0.29) is 11.0 Å². The number of hydrogen-bond acceptors (Lipinski definition) is 4. The van der Waals surface area contributed by atoms with Crippen LogP contribution in [0, 0.1) is 20.8 Å². The summed E-state index contributed by atoms with van der Waals surface area (Å²) in [7, 11) is 0. The summed E-state index contributed by atoms with van der Waals surface area (Å²) < 4.78 is 1.90. The number of hydrogen-bond donors (Lipinski definition) is 2. The van der Waals surface area contributed by atoms with Gasteiger partial charge in [-0.2, -0.15) is 5.10 Å². The summed E-state index contributed by atoms with van der Waals surface area (Å²) in [6, 6.07) is 0. The number of nitrogens with zero attached hydrogens (tertiary/aromatic N) is 3. The van der Waals surface area contributed by atoms with E-state index in [0.717, 1.165) is 23.5 Å². The molecule has 2 heterocycles. The molecule has 0 fully saturated rings. The van der Waals surface area contributed by atoms with Gasteiger partial charge in [-0.05, 0) is 27.7 Å². The average Bonchev–Trinajstić information content (AvgIpc) is 2.77. The number of aromatic nitrogens is 4. The molecule has 2 aromatic rings. The first-order valence-corrected chi connectivity index (χ1v) is 8.48. The number of aromatic amines is 1. The summed E-state index contributed by atoms with van der Waals surface area (Å²) in [6.07, 6.45) is 0. The van der Waals surface area contributed by atoms with Gasteiger partial charge in [0.05, 0.1) is 11.4 Å². The van der Waals surface area contributed by atoms with Crippen molar-refractivity contribution in [3.8, 4) is 0 Å². The van der Waals surface area contributed by atoms with Gasteiger partial charge in [0.2, 0.25) is 0 Å². The van der Waals surface area contributed by atoms with Gasteiger partial charge in [-0.3, -0.25) is 14.3 Å². The van der Waals surface area contributed by atoms with Crippen LogP contribution in [0.5, 0.6) is 0 Å². The monoisotopic (exact) mass is 345 g/mol. The van der Waals surface area contributed by atoms with Crippen LogP contribution in [0.25, 0.3) is 0 Å². The Morgan fingerprint density at radius 2 is 1.84 bits per heavy atom. The highest BCUT2D eigenvalue weighted by atomic mass is 16.2. The molecular formula is C18H27N5O2. The highest BCUT2D eigenvalue weighted by molar-refractivity contribution is 5.94. The lowest BCUT2D eigenvalue weighted by molar-refractivity contribution is 0.0948. The lowest BCUT2D eigenvalue weighted by Gasteiger charge is -2.18. The molecule has 0 aliphatic carbocycles. The molecule has 0 aliphatic rings. The van der Waals surface area contributed by atoms with Gasteiger partial charge in [-0.25, -0.2) is 4.98 Å². The van der Waals surface area contributed by atoms with Crippen molar-refractivity contribution in [1.82, 2.24) is 25.1 Å². The summed E-state index contributed by atoms with van der Waals surface area (Å²) in [5, 5.41) is 7.26. The molecule has 7 heteroatoms. The second-order valence-electron chi connectivity index (χ2n) is 7.27. The van der Waals surface area contributed by atoms with Gasteiger partial charge in [0.1, 0.15) is 11.4 Å². The van der Waals surface area contributed by atoms with Crippen LogP contribution in [-0.4, -0.2) is 25.7 Å². The number of H-pyrrole nitrogens is 1. The predicted octanol–water partition coefficient (Wildman–Crippen LogP) is 2.14. The van der Waals surface area contributed by atoms with E-state index in [4.69, 9.17) is 0 Å². The van der Waals surface area contributed by atoms with Gasteiger partial charge in [-0.15, -0.1) is 0 Å². The molecule has 0 spiro atoms. The van der Waals surface area contributed by atoms with Crippen molar-refractivity contribution in [1.29, 1.82) is 0 Å². The third kappa shape index (κ3) is 3.81. The Labute approximate surface area is 147 Å². The van der Waals surface area contributed by atoms with E-state index in [1.807, 2.05) is 46.2 Å². The van der Waals surface area contributed by atoms with Crippen molar-refractivity contribution < 1.29 is 4.79 Å². The zero-order valence-electron chi connectivity index (χ0n) is 16.1. The summed E-state index contributed by atoms with van der Waals surface area (Å²) in [4.78, 5) is 32.0. The molecule has 0 atom stereocenters. The van der Waals surface area contributed by atoms with E-state index in [2.05, 4.69) is 20.4 Å². The smallest absolute Gasteiger partial charge is 0.264 e. The first kappa shape index (κ1) is 18.9. The predicted molar refractivity (Wildman–Crippen MR) is 96.8 cm³/mol. The second-order valence-corrected chi connectivity index (χ2v) is 7.27. The fraction of sp³-hybridized carbons (Fsp3) is 0.556. The summed E-state index contributed by atoms with van der Waals surface area (Å²) in [6.45, 7) is 14.6. The molecule has 25 heavy (non-hydrogen) atoms. The van der Waals surface area contributed by atoms with Crippen LogP contribution in [0.15, 0.2) is 4.79 Å². The zero-order chi connectivity index (χ0) is 18.9. The maximum atomic E-state index is 12.5. The molecule has 0 saturated carbocycles. The molecular weight excluding hydrogens is 318 g/mol. The topological polar surface area (TPSA) is 92.7 Å². The Balaban J connectivity index is 2.25. The van der Waals surface area contributed by atoms with E-state index in [9.17, 15) is 9.59 Å². The van der Waals surface area contributed by atoms with Crippen LogP contribution in [0.1, 0.15) is 66.5 Å². The number of nitrogens with one attached hydrogen (secondary N) is 2. The molecule has 2 aromatic heterocycles. The van der Waals surface area contributed by atoms with Crippen molar-refractivity contribution in [2.75, 3.05) is 0 Å². The largest absolute Gasteiger partial charge is 0.348 e. The van der Waals surface area contributed by atoms with E-state index in [1.54, 1.807) is 6.92 Å². The SMILES string of the molecule is CCn1nc(C)c(CNC(=O)c2c(C)nc(C(C)(C)C)[nH]c2=O)c1C. The molecule has 2 rings (SSSR count). The van der Waals surface area contributed by atoms with E-state index in [0.29, 0.717) is 18.1 Å². The van der Waals surface area contributed by atoms with Gasteiger partial charge in [0.15, 0.2) is 0 Å². The molecule has 0 bridgehead atoms. The molecule has 0 saturated heterocycles. The van der Waals surface area contributed by atoms with Gasteiger partial charge >= 0.3 is 0 Å². The van der Waals surface area contributed by atoms with Crippen molar-refractivity contribution in [2.45, 2.75) is 67.0 Å². The van der Waals surface area contributed by atoms with Crippen LogP contribution in [0.2, 0.25) is 0 Å². The molecule has 0 radical (unpaired) electrons. The van der Waals surface area contributed by atoms with Gasteiger partial charge in [-0.1, -0.05) is 20.8 Å². The molecule has 7 nitrogen and oxygen atoms in total. The first-order valence-electron chi connectivity index (χ1n) is 8.48. The highest BCUT2D eigenvalue weighted by Crippen LogP contribution is 2.17. The van der Waals surface area contributed by atoms with E-state index in [1.165, 1.54) is 0 Å². The zero-order valence-corrected chi connectivity index (χ0v) is 16.1. The molecule has 2 N–H and O–H groups in total. The lowest BCUT2D eigenvalue weighted by Crippen LogP contribution is -2.33. The number of amides is 1. The summed E-state index contributed by atoms with van der Waals surface area (Å²) >= 11 is 0. The number of rotatable bonds is 4. The normalized spacial score (nSPS) is 11.6. The van der Waals surface area contributed by atoms with Crippen molar-refractivity contribution in [2.24, 2.45) is 0 Å². The van der Waals surface area contributed by atoms with Crippen molar-refractivity contribution in [3.63, 3.8) is 0 Å². The van der Waals surface area contributed by atoms with Crippen LogP contribution < -0.4 is 10.9 Å². The van der Waals surface area contributed by atoms with Crippen LogP contribution in [0.3, 0.4) is 0 Å². The molecule has 136 valence electrons. The Kier molecular flexibility index (Phi) is 5.15. The summed E-state index contributed by atoms with van der Waals surface area (Å²) in [5.74, 6) is 0.150. The quantitative estimate of drug-likeness (QED) is 0.888. The standard InChI is InChI=1S/C18H27N5O2/c1-8-23-12(4)13(10(2)22-23)9-19-15(24)14-11(3)20-17(18(5,6)7)21-16(14)25/h8-9H2,1-7H3,(H,19,24)(H,20,21,25). The Morgan fingerprint density at radius 1 is 1.20 bits per heavy atom. The molecule has 0 aromatic carbocycles. The Bertz CT molecular complexity index is 856. The van der Waals surface area contributed by atoms with Gasteiger partial charge in [0, 0.05) is 29.8 Å². The fourth-order valence-corrected chi connectivity index (χ4v) is 2.76. The fourth-order valence-electron chi connectivity index (χ4n) is 2.76. The minimum Gasteiger partial charge on any atom is -0.348 e. The van der Waals surface area contributed by atoms with Crippen molar-refractivity contribution >= 4 is 5.91 Å². The third-order valence-electron chi connectivity index (χ3n) is 4.29. The maximum Gasteiger partial charge on any atom is 0.264 e. The second kappa shape index (κ2) is 6.82. The number of carbonyl (C=O) groups is 1. The molecule has 1 amide bonds. The number of carbonyl (C=O) groups excluding carboxylic acids is 1. The van der Waals surface area contributed by atoms with Crippen LogP contribution >= 0.6 is 0 Å². The van der Waals surface area contributed by atoms with Crippen LogP contribution in [0.4, 0.5) is 0 Å². The first-order chi connectivity index (χ1) is 11.6. The minimum atomic E-state index is -0.422.